The van der Waals surface area contributed by atoms with E-state index in [1.807, 2.05) is 28.7 Å². The highest BCUT2D eigenvalue weighted by molar-refractivity contribution is 14.1. The number of fused-ring (bicyclic) bond motifs is 2. The van der Waals surface area contributed by atoms with Crippen LogP contribution in [-0.4, -0.2) is 12.6 Å². The molecule has 2 unspecified atom stereocenters. The summed E-state index contributed by atoms with van der Waals surface area (Å²) in [5.41, 5.74) is 1.98. The molecule has 0 radical (unpaired) electrons. The van der Waals surface area contributed by atoms with Gasteiger partial charge in [-0.25, -0.2) is 4.39 Å². The van der Waals surface area contributed by atoms with E-state index >= 15 is 0 Å². The first kappa shape index (κ1) is 12.5. The highest BCUT2D eigenvalue weighted by atomic mass is 127. The second kappa shape index (κ2) is 5.23. The standard InChI is InChI=1S/C14H18FIN2/c15-10-6-14-13(7-11(10)16)17-8-9-4-2-1-3-5-12(9)18-14/h6-7,9,12,17-18H,1-5,8H2. The number of halogens is 2. The second-order valence-electron chi connectivity index (χ2n) is 5.34. The van der Waals surface area contributed by atoms with Gasteiger partial charge in [0.1, 0.15) is 5.82 Å². The quantitative estimate of drug-likeness (QED) is 0.677. The summed E-state index contributed by atoms with van der Waals surface area (Å²) in [7, 11) is 0. The molecule has 1 heterocycles. The predicted molar refractivity (Wildman–Crippen MR) is 81.6 cm³/mol. The Morgan fingerprint density at radius 1 is 1.11 bits per heavy atom. The minimum Gasteiger partial charge on any atom is -0.383 e. The van der Waals surface area contributed by atoms with Crippen molar-refractivity contribution in [3.63, 3.8) is 0 Å². The van der Waals surface area contributed by atoms with Gasteiger partial charge in [0, 0.05) is 18.7 Å². The van der Waals surface area contributed by atoms with Crippen molar-refractivity contribution in [1.82, 2.24) is 0 Å². The van der Waals surface area contributed by atoms with E-state index in [0.717, 1.165) is 17.9 Å². The number of hydrogen-bond donors (Lipinski definition) is 2. The van der Waals surface area contributed by atoms with Gasteiger partial charge in [0.05, 0.1) is 14.9 Å². The van der Waals surface area contributed by atoms with Gasteiger partial charge < -0.3 is 10.6 Å². The largest absolute Gasteiger partial charge is 0.383 e. The lowest BCUT2D eigenvalue weighted by atomic mass is 9.95. The molecule has 0 amide bonds. The average molecular weight is 360 g/mol. The summed E-state index contributed by atoms with van der Waals surface area (Å²) in [6.07, 6.45) is 6.43. The third-order valence-corrected chi connectivity index (χ3v) is 4.94. The van der Waals surface area contributed by atoms with Gasteiger partial charge in [-0.2, -0.15) is 0 Å². The van der Waals surface area contributed by atoms with Crippen LogP contribution >= 0.6 is 22.6 Å². The molecule has 2 nitrogen and oxygen atoms in total. The van der Waals surface area contributed by atoms with Crippen LogP contribution in [0.3, 0.4) is 0 Å². The first-order valence-corrected chi connectivity index (χ1v) is 7.81. The lowest BCUT2D eigenvalue weighted by Crippen LogP contribution is -2.30. The molecule has 1 fully saturated rings. The van der Waals surface area contributed by atoms with Crippen LogP contribution in [0, 0.1) is 15.3 Å². The molecular weight excluding hydrogens is 342 g/mol. The lowest BCUT2D eigenvalue weighted by Gasteiger charge is -2.23. The van der Waals surface area contributed by atoms with Crippen LogP contribution in [0.15, 0.2) is 12.1 Å². The molecule has 1 aliphatic heterocycles. The molecule has 98 valence electrons. The summed E-state index contributed by atoms with van der Waals surface area (Å²) in [5, 5.41) is 7.05. The fourth-order valence-electron chi connectivity index (χ4n) is 3.07. The maximum atomic E-state index is 13.7. The molecule has 1 saturated carbocycles. The Balaban J connectivity index is 1.90. The van der Waals surface area contributed by atoms with Crippen molar-refractivity contribution in [2.45, 2.75) is 38.1 Å². The maximum Gasteiger partial charge on any atom is 0.138 e. The molecule has 2 aliphatic rings. The third-order valence-electron chi connectivity index (χ3n) is 4.12. The first-order chi connectivity index (χ1) is 8.74. The summed E-state index contributed by atoms with van der Waals surface area (Å²) in [4.78, 5) is 0. The Labute approximate surface area is 121 Å². The zero-order valence-electron chi connectivity index (χ0n) is 10.3. The third kappa shape index (κ3) is 2.44. The van der Waals surface area contributed by atoms with Crippen molar-refractivity contribution in [3.05, 3.63) is 21.5 Å². The van der Waals surface area contributed by atoms with E-state index in [2.05, 4.69) is 10.6 Å². The topological polar surface area (TPSA) is 24.1 Å². The monoisotopic (exact) mass is 360 g/mol. The molecule has 2 atom stereocenters. The molecule has 4 heteroatoms. The van der Waals surface area contributed by atoms with Crippen molar-refractivity contribution < 1.29 is 4.39 Å². The highest BCUT2D eigenvalue weighted by Gasteiger charge is 2.27. The average Bonchev–Trinajstić information content (AvgIpc) is 2.64. The Hall–Kier alpha value is -0.520. The van der Waals surface area contributed by atoms with Crippen molar-refractivity contribution >= 4 is 34.0 Å². The van der Waals surface area contributed by atoms with Gasteiger partial charge in [0.25, 0.3) is 0 Å². The van der Waals surface area contributed by atoms with E-state index < -0.39 is 0 Å². The Morgan fingerprint density at radius 3 is 2.83 bits per heavy atom. The smallest absolute Gasteiger partial charge is 0.138 e. The van der Waals surface area contributed by atoms with Crippen LogP contribution in [0.25, 0.3) is 0 Å². The summed E-state index contributed by atoms with van der Waals surface area (Å²) in [5.74, 6) is 0.538. The molecule has 0 aromatic heterocycles. The summed E-state index contributed by atoms with van der Waals surface area (Å²) < 4.78 is 14.4. The SMILES string of the molecule is Fc1cc2c(cc1I)NCC1CCCCCC1N2. The van der Waals surface area contributed by atoms with Gasteiger partial charge in [-0.1, -0.05) is 19.3 Å². The van der Waals surface area contributed by atoms with Crippen LogP contribution in [0.5, 0.6) is 0 Å². The number of rotatable bonds is 0. The van der Waals surface area contributed by atoms with E-state index in [-0.39, 0.29) is 5.82 Å². The lowest BCUT2D eigenvalue weighted by molar-refractivity contribution is 0.444. The van der Waals surface area contributed by atoms with Crippen LogP contribution < -0.4 is 10.6 Å². The van der Waals surface area contributed by atoms with Crippen LogP contribution in [-0.2, 0) is 0 Å². The zero-order valence-corrected chi connectivity index (χ0v) is 12.5. The van der Waals surface area contributed by atoms with Crippen molar-refractivity contribution in [1.29, 1.82) is 0 Å². The first-order valence-electron chi connectivity index (χ1n) is 6.73. The number of hydrogen-bond acceptors (Lipinski definition) is 2. The normalized spacial score (nSPS) is 27.0. The molecule has 0 spiro atoms. The van der Waals surface area contributed by atoms with Gasteiger partial charge in [-0.15, -0.1) is 0 Å². The molecule has 3 rings (SSSR count). The molecule has 2 N–H and O–H groups in total. The number of anilines is 2. The maximum absolute atomic E-state index is 13.7. The summed E-state index contributed by atoms with van der Waals surface area (Å²) >= 11 is 2.05. The minimum atomic E-state index is -0.129. The van der Waals surface area contributed by atoms with E-state index in [1.165, 1.54) is 32.1 Å². The fourth-order valence-corrected chi connectivity index (χ4v) is 3.54. The van der Waals surface area contributed by atoms with Gasteiger partial charge in [-0.3, -0.25) is 0 Å². The van der Waals surface area contributed by atoms with Crippen LogP contribution in [0.1, 0.15) is 32.1 Å². The molecule has 0 saturated heterocycles. The van der Waals surface area contributed by atoms with Gasteiger partial charge in [0.2, 0.25) is 0 Å². The molecule has 0 bridgehead atoms. The van der Waals surface area contributed by atoms with Crippen LogP contribution in [0.4, 0.5) is 15.8 Å². The zero-order chi connectivity index (χ0) is 12.5. The predicted octanol–water partition coefficient (Wildman–Crippen LogP) is 4.22. The summed E-state index contributed by atoms with van der Waals surface area (Å²) in [6, 6.07) is 4.04. The van der Waals surface area contributed by atoms with Crippen molar-refractivity contribution in [3.8, 4) is 0 Å². The van der Waals surface area contributed by atoms with Gasteiger partial charge >= 0.3 is 0 Å². The van der Waals surface area contributed by atoms with E-state index in [1.54, 1.807) is 6.07 Å². The van der Waals surface area contributed by atoms with Crippen molar-refractivity contribution in [2.75, 3.05) is 17.2 Å². The molecule has 1 aliphatic carbocycles. The van der Waals surface area contributed by atoms with E-state index in [9.17, 15) is 4.39 Å². The Bertz CT molecular complexity index is 450. The summed E-state index contributed by atoms with van der Waals surface area (Å²) in [6.45, 7) is 1.01. The second-order valence-corrected chi connectivity index (χ2v) is 6.50. The number of benzene rings is 1. The minimum absolute atomic E-state index is 0.129. The molecular formula is C14H18FIN2. The molecule has 1 aromatic carbocycles. The Kier molecular flexibility index (Phi) is 3.63. The Morgan fingerprint density at radius 2 is 1.94 bits per heavy atom. The number of nitrogens with one attached hydrogen (secondary N) is 2. The van der Waals surface area contributed by atoms with Crippen LogP contribution in [0.2, 0.25) is 0 Å². The highest BCUT2D eigenvalue weighted by Crippen LogP contribution is 2.34. The van der Waals surface area contributed by atoms with Crippen molar-refractivity contribution in [2.24, 2.45) is 5.92 Å². The fraction of sp³-hybridized carbons (Fsp3) is 0.571. The van der Waals surface area contributed by atoms with E-state index in [4.69, 9.17) is 0 Å². The molecule has 18 heavy (non-hydrogen) atoms. The van der Waals surface area contributed by atoms with E-state index in [0.29, 0.717) is 15.5 Å². The van der Waals surface area contributed by atoms with Gasteiger partial charge in [-0.05, 0) is 47.4 Å². The van der Waals surface area contributed by atoms with Gasteiger partial charge in [0.15, 0.2) is 0 Å². The molecule has 1 aromatic rings.